The van der Waals surface area contributed by atoms with Crippen LogP contribution in [0.5, 0.6) is 0 Å². The molecule has 1 aromatic carbocycles. The highest BCUT2D eigenvalue weighted by Gasteiger charge is 2.23. The quantitative estimate of drug-likeness (QED) is 0.783. The summed E-state index contributed by atoms with van der Waals surface area (Å²) in [5.41, 5.74) is 2.54. The molecule has 0 radical (unpaired) electrons. The van der Waals surface area contributed by atoms with Gasteiger partial charge >= 0.3 is 0 Å². The number of benzene rings is 1. The largest absolute Gasteiger partial charge is 0.342 e. The van der Waals surface area contributed by atoms with Gasteiger partial charge in [-0.3, -0.25) is 4.79 Å². The van der Waals surface area contributed by atoms with Crippen LogP contribution < -0.4 is 9.80 Å². The number of carbonyl (C=O) groups excluding carboxylic acids is 1. The summed E-state index contributed by atoms with van der Waals surface area (Å²) in [5.74, 6) is 1.47. The Bertz CT molecular complexity index is 713. The second kappa shape index (κ2) is 5.83. The van der Waals surface area contributed by atoms with Crippen LogP contribution in [0.15, 0.2) is 30.5 Å². The van der Waals surface area contributed by atoms with Crippen molar-refractivity contribution in [3.63, 3.8) is 0 Å². The molecule has 2 aliphatic heterocycles. The van der Waals surface area contributed by atoms with E-state index in [-0.39, 0.29) is 0 Å². The zero-order chi connectivity index (χ0) is 15.6. The van der Waals surface area contributed by atoms with Gasteiger partial charge < -0.3 is 14.7 Å². The molecule has 0 saturated carbocycles. The third-order valence-corrected chi connectivity index (χ3v) is 4.44. The molecule has 7 heteroatoms. The predicted molar refractivity (Wildman–Crippen MR) is 86.8 cm³/mol. The minimum atomic E-state index is 0.637. The zero-order valence-electron chi connectivity index (χ0n) is 12.8. The van der Waals surface area contributed by atoms with Crippen LogP contribution >= 0.6 is 0 Å². The third kappa shape index (κ3) is 2.58. The van der Waals surface area contributed by atoms with E-state index >= 15 is 0 Å². The maximum atomic E-state index is 10.8. The first-order valence-corrected chi connectivity index (χ1v) is 7.84. The molecule has 23 heavy (non-hydrogen) atoms. The fraction of sp³-hybridized carbons (Fsp3) is 0.375. The first kappa shape index (κ1) is 13.9. The molecule has 0 spiro atoms. The summed E-state index contributed by atoms with van der Waals surface area (Å²) < 4.78 is 0. The van der Waals surface area contributed by atoms with Gasteiger partial charge in [0.15, 0.2) is 5.82 Å². The summed E-state index contributed by atoms with van der Waals surface area (Å²) in [6.45, 7) is 3.78. The first-order chi connectivity index (χ1) is 11.3. The molecule has 1 aromatic heterocycles. The Morgan fingerprint density at radius 1 is 1.04 bits per heavy atom. The van der Waals surface area contributed by atoms with E-state index < -0.39 is 0 Å². The van der Waals surface area contributed by atoms with E-state index in [0.29, 0.717) is 19.0 Å². The molecule has 1 fully saturated rings. The van der Waals surface area contributed by atoms with Gasteiger partial charge in [0.05, 0.1) is 6.20 Å². The number of anilines is 3. The standard InChI is InChI=1S/C16H18N6O/c23-12-20-7-9-21(10-8-20)16-18-15(11-17-19-16)22-6-5-13-3-1-2-4-14(13)22/h1-4,11-12H,5-10H2. The molecule has 2 aliphatic rings. The summed E-state index contributed by atoms with van der Waals surface area (Å²) >= 11 is 0. The molecule has 0 N–H and O–H groups in total. The van der Waals surface area contributed by atoms with Gasteiger partial charge in [-0.2, -0.15) is 10.1 Å². The van der Waals surface area contributed by atoms with E-state index in [2.05, 4.69) is 38.2 Å². The predicted octanol–water partition coefficient (Wildman–Crippen LogP) is 0.844. The molecular formula is C16H18N6O. The Kier molecular flexibility index (Phi) is 3.53. The first-order valence-electron chi connectivity index (χ1n) is 7.84. The third-order valence-electron chi connectivity index (χ3n) is 4.44. The molecule has 0 bridgehead atoms. The minimum Gasteiger partial charge on any atom is -0.342 e. The lowest BCUT2D eigenvalue weighted by Gasteiger charge is -2.32. The SMILES string of the molecule is O=CN1CCN(c2nncc(N3CCc4ccccc43)n2)CC1. The van der Waals surface area contributed by atoms with Crippen LogP contribution in [0.3, 0.4) is 0 Å². The molecule has 2 aromatic rings. The van der Waals surface area contributed by atoms with Crippen LogP contribution in [-0.4, -0.2) is 59.2 Å². The Labute approximate surface area is 134 Å². The van der Waals surface area contributed by atoms with Crippen LogP contribution in [-0.2, 0) is 11.2 Å². The average molecular weight is 310 g/mol. The van der Waals surface area contributed by atoms with Crippen molar-refractivity contribution < 1.29 is 4.79 Å². The lowest BCUT2D eigenvalue weighted by atomic mass is 10.2. The Morgan fingerprint density at radius 2 is 1.87 bits per heavy atom. The molecule has 0 aliphatic carbocycles. The molecule has 1 saturated heterocycles. The number of amides is 1. The number of aromatic nitrogens is 3. The number of para-hydroxylation sites is 1. The van der Waals surface area contributed by atoms with E-state index in [1.165, 1.54) is 11.3 Å². The van der Waals surface area contributed by atoms with Crippen LogP contribution in [0.1, 0.15) is 5.56 Å². The maximum Gasteiger partial charge on any atom is 0.247 e. The van der Waals surface area contributed by atoms with Gasteiger partial charge in [-0.05, 0) is 18.1 Å². The summed E-state index contributed by atoms with van der Waals surface area (Å²) in [5, 5.41) is 8.31. The van der Waals surface area contributed by atoms with Crippen LogP contribution in [0.2, 0.25) is 0 Å². The van der Waals surface area contributed by atoms with Gasteiger partial charge in [0.2, 0.25) is 12.4 Å². The molecule has 3 heterocycles. The highest BCUT2D eigenvalue weighted by atomic mass is 16.1. The lowest BCUT2D eigenvalue weighted by Crippen LogP contribution is -2.46. The van der Waals surface area contributed by atoms with E-state index in [1.54, 1.807) is 11.1 Å². The summed E-state index contributed by atoms with van der Waals surface area (Å²) in [7, 11) is 0. The zero-order valence-corrected chi connectivity index (χ0v) is 12.8. The highest BCUT2D eigenvalue weighted by Crippen LogP contribution is 2.33. The van der Waals surface area contributed by atoms with Gasteiger partial charge in [-0.15, -0.1) is 5.10 Å². The topological polar surface area (TPSA) is 65.5 Å². The normalized spacial score (nSPS) is 17.3. The van der Waals surface area contributed by atoms with Gasteiger partial charge in [-0.25, -0.2) is 0 Å². The fourth-order valence-corrected chi connectivity index (χ4v) is 3.15. The number of rotatable bonds is 3. The second-order valence-electron chi connectivity index (χ2n) is 5.77. The summed E-state index contributed by atoms with van der Waals surface area (Å²) in [6.07, 6.45) is 3.63. The van der Waals surface area contributed by atoms with Gasteiger partial charge in [-0.1, -0.05) is 18.2 Å². The number of carbonyl (C=O) groups is 1. The van der Waals surface area contributed by atoms with Gasteiger partial charge in [0.25, 0.3) is 0 Å². The molecule has 0 atom stereocenters. The van der Waals surface area contributed by atoms with Crippen molar-refractivity contribution in [2.24, 2.45) is 0 Å². The van der Waals surface area contributed by atoms with E-state index in [0.717, 1.165) is 38.3 Å². The van der Waals surface area contributed by atoms with E-state index in [9.17, 15) is 4.79 Å². The Morgan fingerprint density at radius 3 is 2.70 bits per heavy atom. The number of nitrogens with zero attached hydrogens (tertiary/aromatic N) is 6. The van der Waals surface area contributed by atoms with Gasteiger partial charge in [0, 0.05) is 38.4 Å². The van der Waals surface area contributed by atoms with Crippen LogP contribution in [0.4, 0.5) is 17.5 Å². The smallest absolute Gasteiger partial charge is 0.247 e. The Balaban J connectivity index is 1.57. The van der Waals surface area contributed by atoms with Crippen molar-refractivity contribution >= 4 is 23.9 Å². The molecule has 0 unspecified atom stereocenters. The molecule has 7 nitrogen and oxygen atoms in total. The van der Waals surface area contributed by atoms with Crippen molar-refractivity contribution in [2.75, 3.05) is 42.5 Å². The Hall–Kier alpha value is -2.70. The molecule has 4 rings (SSSR count). The van der Waals surface area contributed by atoms with Crippen molar-refractivity contribution in [3.05, 3.63) is 36.0 Å². The van der Waals surface area contributed by atoms with Crippen LogP contribution in [0, 0.1) is 0 Å². The van der Waals surface area contributed by atoms with Crippen molar-refractivity contribution in [1.29, 1.82) is 0 Å². The number of piperazine rings is 1. The van der Waals surface area contributed by atoms with Gasteiger partial charge in [0.1, 0.15) is 0 Å². The molecule has 1 amide bonds. The van der Waals surface area contributed by atoms with Crippen LogP contribution in [0.25, 0.3) is 0 Å². The monoisotopic (exact) mass is 310 g/mol. The maximum absolute atomic E-state index is 10.8. The fourth-order valence-electron chi connectivity index (χ4n) is 3.15. The number of fused-ring (bicyclic) bond motifs is 1. The molecular weight excluding hydrogens is 292 g/mol. The van der Waals surface area contributed by atoms with E-state index in [1.807, 2.05) is 6.07 Å². The number of hydrogen-bond acceptors (Lipinski definition) is 6. The lowest BCUT2D eigenvalue weighted by molar-refractivity contribution is -0.118. The second-order valence-corrected chi connectivity index (χ2v) is 5.77. The van der Waals surface area contributed by atoms with Crippen molar-refractivity contribution in [1.82, 2.24) is 20.1 Å². The minimum absolute atomic E-state index is 0.637. The number of hydrogen-bond donors (Lipinski definition) is 0. The highest BCUT2D eigenvalue weighted by molar-refractivity contribution is 5.67. The molecule has 118 valence electrons. The average Bonchev–Trinajstić information content (AvgIpc) is 3.06. The van der Waals surface area contributed by atoms with Crippen molar-refractivity contribution in [2.45, 2.75) is 6.42 Å². The van der Waals surface area contributed by atoms with E-state index in [4.69, 9.17) is 4.98 Å². The summed E-state index contributed by atoms with van der Waals surface area (Å²) in [6, 6.07) is 8.39. The van der Waals surface area contributed by atoms with Crippen molar-refractivity contribution in [3.8, 4) is 0 Å². The summed E-state index contributed by atoms with van der Waals surface area (Å²) in [4.78, 5) is 21.5.